The van der Waals surface area contributed by atoms with E-state index in [1.165, 1.54) is 14.4 Å². The molecule has 188 valence electrons. The summed E-state index contributed by atoms with van der Waals surface area (Å²) in [5.74, 6) is 0. The fourth-order valence-corrected chi connectivity index (χ4v) is 3.79. The minimum absolute atomic E-state index is 0.0774. The smallest absolute Gasteiger partial charge is 0.332 e. The maximum atomic E-state index is 12.7. The molecule has 0 unspecified atom stereocenters. The Morgan fingerprint density at radius 1 is 0.879 bits per heavy atom. The van der Waals surface area contributed by atoms with Crippen LogP contribution in [0.5, 0.6) is 0 Å². The van der Waals surface area contributed by atoms with Gasteiger partial charge < -0.3 is 14.8 Å². The molecule has 0 spiro atoms. The second-order valence-electron chi connectivity index (χ2n) is 8.18. The molecule has 0 aliphatic carbocycles. The van der Waals surface area contributed by atoms with Gasteiger partial charge in [0.1, 0.15) is 0 Å². The van der Waals surface area contributed by atoms with Gasteiger partial charge in [0.25, 0.3) is 5.56 Å². The van der Waals surface area contributed by atoms with E-state index in [2.05, 4.69) is 4.98 Å². The first kappa shape index (κ1) is 27.2. The second kappa shape index (κ2) is 15.0. The lowest BCUT2D eigenvalue weighted by molar-refractivity contribution is -0.371. The summed E-state index contributed by atoms with van der Waals surface area (Å²) in [5.41, 5.74) is 0.301. The number of aliphatic hydroxyl groups excluding tert-OH is 2. The predicted octanol–water partition coefficient (Wildman–Crippen LogP) is 1.09. The van der Waals surface area contributed by atoms with E-state index in [4.69, 9.17) is 19.9 Å². The van der Waals surface area contributed by atoms with Crippen molar-refractivity contribution in [3.63, 3.8) is 0 Å². The van der Waals surface area contributed by atoms with Crippen LogP contribution in [0.15, 0.2) is 15.9 Å². The summed E-state index contributed by atoms with van der Waals surface area (Å²) in [7, 11) is 3.41. The van der Waals surface area contributed by atoms with Crippen molar-refractivity contribution in [1.82, 2.24) is 23.9 Å². The Kier molecular flexibility index (Phi) is 12.3. The molecule has 0 bridgehead atoms. The number of nitrogens with zero attached hydrogens (tertiary/aromatic N) is 5. The highest BCUT2D eigenvalue weighted by molar-refractivity contribution is 5.69. The third-order valence-corrected chi connectivity index (χ3v) is 5.58. The van der Waals surface area contributed by atoms with Crippen LogP contribution in [0.1, 0.15) is 57.8 Å². The van der Waals surface area contributed by atoms with Gasteiger partial charge in [-0.2, -0.15) is 0 Å². The van der Waals surface area contributed by atoms with Crippen LogP contribution in [0.2, 0.25) is 0 Å². The molecule has 0 fully saturated rings. The van der Waals surface area contributed by atoms with Crippen molar-refractivity contribution in [1.29, 1.82) is 0 Å². The quantitative estimate of drug-likeness (QED) is 0.246. The second-order valence-corrected chi connectivity index (χ2v) is 8.18. The monoisotopic (exact) mass is 469 g/mol. The number of aliphatic hydroxyl groups is 2. The summed E-state index contributed by atoms with van der Waals surface area (Å²) in [4.78, 5) is 39.8. The molecule has 11 heteroatoms. The molecule has 11 nitrogen and oxygen atoms in total. The zero-order chi connectivity index (χ0) is 24.1. The van der Waals surface area contributed by atoms with Crippen LogP contribution in [0, 0.1) is 0 Å². The number of aromatic nitrogens is 4. The maximum absolute atomic E-state index is 12.7. The van der Waals surface area contributed by atoms with Crippen molar-refractivity contribution >= 4 is 11.2 Å². The first-order valence-electron chi connectivity index (χ1n) is 11.9. The van der Waals surface area contributed by atoms with Gasteiger partial charge in [-0.05, 0) is 12.8 Å². The van der Waals surface area contributed by atoms with Crippen LogP contribution < -0.4 is 11.2 Å². The van der Waals surface area contributed by atoms with Crippen LogP contribution in [-0.4, -0.2) is 67.1 Å². The predicted molar refractivity (Wildman–Crippen MR) is 125 cm³/mol. The van der Waals surface area contributed by atoms with Gasteiger partial charge in [0.2, 0.25) is 0 Å². The highest BCUT2D eigenvalue weighted by atomic mass is 16.9. The first-order valence-corrected chi connectivity index (χ1v) is 11.9. The van der Waals surface area contributed by atoms with Crippen molar-refractivity contribution in [3.8, 4) is 0 Å². The number of imidazole rings is 1. The minimum Gasteiger partial charge on any atom is -0.394 e. The van der Waals surface area contributed by atoms with E-state index in [9.17, 15) is 9.59 Å². The maximum Gasteiger partial charge on any atom is 0.332 e. The Labute approximate surface area is 194 Å². The Morgan fingerprint density at radius 2 is 1.42 bits per heavy atom. The van der Waals surface area contributed by atoms with E-state index in [-0.39, 0.29) is 37.7 Å². The largest absolute Gasteiger partial charge is 0.394 e. The summed E-state index contributed by atoms with van der Waals surface area (Å²) < 4.78 is 4.42. The molecular weight excluding hydrogens is 430 g/mol. The van der Waals surface area contributed by atoms with Gasteiger partial charge in [-0.15, -0.1) is 0 Å². The lowest BCUT2D eigenvalue weighted by Gasteiger charge is -2.20. The van der Waals surface area contributed by atoms with Gasteiger partial charge in [0.05, 0.1) is 39.3 Å². The molecule has 33 heavy (non-hydrogen) atoms. The molecule has 2 aromatic rings. The first-order chi connectivity index (χ1) is 16.0. The third kappa shape index (κ3) is 8.35. The summed E-state index contributed by atoms with van der Waals surface area (Å²) in [5, 5.41) is 19.0. The Morgan fingerprint density at radius 3 is 2.00 bits per heavy atom. The number of aryl methyl sites for hydroxylation is 2. The van der Waals surface area contributed by atoms with Gasteiger partial charge >= 0.3 is 5.69 Å². The van der Waals surface area contributed by atoms with Crippen LogP contribution in [0.4, 0.5) is 0 Å². The molecule has 0 amide bonds. The number of hydroxylamine groups is 2. The average molecular weight is 470 g/mol. The Bertz CT molecular complexity index is 930. The minimum atomic E-state index is -0.312. The molecule has 0 aromatic carbocycles. The molecule has 0 radical (unpaired) electrons. The van der Waals surface area contributed by atoms with E-state index in [0.717, 1.165) is 57.8 Å². The fraction of sp³-hybridized carbons (Fsp3) is 0.773. The van der Waals surface area contributed by atoms with E-state index in [0.29, 0.717) is 24.3 Å². The van der Waals surface area contributed by atoms with Crippen LogP contribution in [0.3, 0.4) is 0 Å². The number of unbranched alkanes of at least 4 members (excludes halogenated alkanes) is 8. The lowest BCUT2D eigenvalue weighted by Crippen LogP contribution is -2.39. The molecule has 2 aromatic heterocycles. The molecule has 0 saturated carbocycles. The van der Waals surface area contributed by atoms with E-state index < -0.39 is 0 Å². The van der Waals surface area contributed by atoms with Crippen molar-refractivity contribution in [2.45, 2.75) is 64.3 Å². The number of fused-ring (bicyclic) bond motifs is 1. The van der Waals surface area contributed by atoms with Crippen molar-refractivity contribution < 1.29 is 19.9 Å². The van der Waals surface area contributed by atoms with E-state index >= 15 is 0 Å². The van der Waals surface area contributed by atoms with Gasteiger partial charge in [0.15, 0.2) is 11.2 Å². The molecule has 0 aliphatic heterocycles. The topological polar surface area (TPSA) is 124 Å². The van der Waals surface area contributed by atoms with Gasteiger partial charge in [-0.1, -0.05) is 50.2 Å². The number of hydrogen-bond acceptors (Lipinski definition) is 8. The van der Waals surface area contributed by atoms with Crippen LogP contribution >= 0.6 is 0 Å². The van der Waals surface area contributed by atoms with E-state index in [1.807, 2.05) is 0 Å². The van der Waals surface area contributed by atoms with Gasteiger partial charge in [-0.25, -0.2) is 9.78 Å². The summed E-state index contributed by atoms with van der Waals surface area (Å²) in [6.45, 7) is 1.22. The van der Waals surface area contributed by atoms with E-state index in [1.54, 1.807) is 25.0 Å². The van der Waals surface area contributed by atoms with Crippen molar-refractivity contribution in [3.05, 3.63) is 27.2 Å². The molecular formula is C22H39N5O6. The SMILES string of the molecule is Cn1cnc2c1c(=O)n(CCCCCCCCCCCN(OCCO)OCCO)c(=O)n2C. The summed E-state index contributed by atoms with van der Waals surface area (Å²) >= 11 is 0. The van der Waals surface area contributed by atoms with Gasteiger partial charge in [0, 0.05) is 20.6 Å². The zero-order valence-corrected chi connectivity index (χ0v) is 19.9. The molecule has 2 N–H and O–H groups in total. The molecule has 0 aliphatic rings. The summed E-state index contributed by atoms with van der Waals surface area (Å²) in [6, 6.07) is 0. The third-order valence-electron chi connectivity index (χ3n) is 5.58. The summed E-state index contributed by atoms with van der Waals surface area (Å²) in [6.07, 6.45) is 11.0. The lowest BCUT2D eigenvalue weighted by atomic mass is 10.1. The molecule has 2 rings (SSSR count). The van der Waals surface area contributed by atoms with Crippen molar-refractivity contribution in [2.24, 2.45) is 14.1 Å². The number of hydrogen-bond donors (Lipinski definition) is 2. The zero-order valence-electron chi connectivity index (χ0n) is 19.9. The average Bonchev–Trinajstić information content (AvgIpc) is 3.20. The Hall–Kier alpha value is -2.05. The Balaban J connectivity index is 1.58. The highest BCUT2D eigenvalue weighted by Gasteiger charge is 2.14. The standard InChI is InChI=1S/C22H39N5O6/c1-24-18-23-20-19(24)21(30)26(22(31)25(20)2)12-10-8-6-4-3-5-7-9-11-13-27(32-16-14-28)33-17-15-29/h18,28-29H,3-17H2,1-2H3. The van der Waals surface area contributed by atoms with Gasteiger partial charge in [-0.3, -0.25) is 23.6 Å². The van der Waals surface area contributed by atoms with Crippen LogP contribution in [0.25, 0.3) is 11.2 Å². The molecule has 0 saturated heterocycles. The molecule has 0 atom stereocenters. The normalized spacial score (nSPS) is 11.8. The fourth-order valence-electron chi connectivity index (χ4n) is 3.79. The molecule has 2 heterocycles. The van der Waals surface area contributed by atoms with Crippen LogP contribution in [-0.2, 0) is 30.3 Å². The van der Waals surface area contributed by atoms with Crippen molar-refractivity contribution in [2.75, 3.05) is 33.0 Å². The highest BCUT2D eigenvalue weighted by Crippen LogP contribution is 2.11. The number of rotatable bonds is 18.